The summed E-state index contributed by atoms with van der Waals surface area (Å²) in [5.41, 5.74) is 2.78. The van der Waals surface area contributed by atoms with Crippen molar-refractivity contribution in [1.82, 2.24) is 0 Å². The van der Waals surface area contributed by atoms with Crippen LogP contribution >= 0.6 is 0 Å². The van der Waals surface area contributed by atoms with Crippen LogP contribution in [0.25, 0.3) is 0 Å². The number of Topliss-reactive ketones (excluding diaryl/α,β-unsaturated/α-hetero) is 1. The summed E-state index contributed by atoms with van der Waals surface area (Å²) >= 11 is 0. The summed E-state index contributed by atoms with van der Waals surface area (Å²) in [6.45, 7) is 3.99. The summed E-state index contributed by atoms with van der Waals surface area (Å²) in [7, 11) is 1.38. The Kier molecular flexibility index (Phi) is 4.11. The Balaban J connectivity index is 2.18. The Hall–Kier alpha value is -2.30. The fraction of sp³-hybridized carbons (Fsp3) is 0.444. The number of carbonyl (C=O) groups excluding carboxylic acids is 2. The van der Waals surface area contributed by atoms with E-state index in [-0.39, 0.29) is 36.2 Å². The van der Waals surface area contributed by atoms with Crippen molar-refractivity contribution in [2.75, 3.05) is 13.7 Å². The summed E-state index contributed by atoms with van der Waals surface area (Å²) in [5, 5.41) is 0. The second kappa shape index (κ2) is 6.07. The molecule has 1 aromatic carbocycles. The summed E-state index contributed by atoms with van der Waals surface area (Å²) in [6.07, 6.45) is 1.74. The van der Waals surface area contributed by atoms with E-state index in [4.69, 9.17) is 4.74 Å². The number of benzene rings is 1. The lowest BCUT2D eigenvalue weighted by atomic mass is 9.67. The molecule has 2 aliphatic heterocycles. The summed E-state index contributed by atoms with van der Waals surface area (Å²) in [4.78, 5) is 33.6. The van der Waals surface area contributed by atoms with Gasteiger partial charge in [0.15, 0.2) is 5.78 Å². The minimum atomic E-state index is -0.530. The first-order valence-electron chi connectivity index (χ1n) is 7.75. The number of carbonyl (C=O) groups is 2. The van der Waals surface area contributed by atoms with Crippen molar-refractivity contribution in [3.63, 3.8) is 0 Å². The molecule has 0 aromatic heterocycles. The maximum Gasteiger partial charge on any atom is 0.315 e. The Morgan fingerprint density at radius 2 is 1.96 bits per heavy atom. The normalized spacial score (nSPS) is 29.7. The minimum Gasteiger partial charge on any atom is -0.468 e. The third-order valence-electron chi connectivity index (χ3n) is 4.80. The van der Waals surface area contributed by atoms with Crippen molar-refractivity contribution < 1.29 is 14.3 Å². The Morgan fingerprint density at radius 3 is 2.65 bits per heavy atom. The highest BCUT2D eigenvalue weighted by atomic mass is 16.5. The molecule has 0 N–H and O–H groups in total. The molecule has 5 nitrogen and oxygen atoms in total. The van der Waals surface area contributed by atoms with Crippen LogP contribution in [0, 0.1) is 18.8 Å². The number of ketones is 1. The molecule has 0 radical (unpaired) electrons. The molecule has 0 bridgehead atoms. The van der Waals surface area contributed by atoms with Gasteiger partial charge in [-0.2, -0.15) is 0 Å². The molecule has 4 unspecified atom stereocenters. The molecular formula is C18H20N2O3. The topological polar surface area (TPSA) is 68.1 Å². The Labute approximate surface area is 135 Å². The van der Waals surface area contributed by atoms with Gasteiger partial charge < -0.3 is 4.74 Å². The van der Waals surface area contributed by atoms with Gasteiger partial charge in [-0.05, 0) is 25.0 Å². The Morgan fingerprint density at radius 1 is 1.22 bits per heavy atom. The first-order valence-corrected chi connectivity index (χ1v) is 7.75. The van der Waals surface area contributed by atoms with E-state index in [1.807, 2.05) is 38.1 Å². The number of nitrogens with zero attached hydrogens (tertiary/aromatic N) is 2. The molecule has 0 spiro atoms. The molecule has 3 rings (SSSR count). The van der Waals surface area contributed by atoms with E-state index in [0.717, 1.165) is 11.1 Å². The molecule has 0 aliphatic carbocycles. The van der Waals surface area contributed by atoms with Crippen LogP contribution in [0.5, 0.6) is 0 Å². The van der Waals surface area contributed by atoms with Gasteiger partial charge in [-0.1, -0.05) is 24.3 Å². The quantitative estimate of drug-likeness (QED) is 0.784. The lowest BCUT2D eigenvalue weighted by Gasteiger charge is -2.40. The highest BCUT2D eigenvalue weighted by Crippen LogP contribution is 2.42. The first kappa shape index (κ1) is 15.6. The molecule has 2 aliphatic rings. The summed E-state index contributed by atoms with van der Waals surface area (Å²) < 4.78 is 5.00. The molecule has 1 aromatic rings. The monoisotopic (exact) mass is 312 g/mol. The Bertz CT molecular complexity index is 708. The minimum absolute atomic E-state index is 0.0379. The lowest BCUT2D eigenvalue weighted by molar-refractivity contribution is -0.144. The number of fused-ring (bicyclic) bond motifs is 1. The smallest absolute Gasteiger partial charge is 0.315 e. The van der Waals surface area contributed by atoms with E-state index in [2.05, 4.69) is 9.98 Å². The molecular weight excluding hydrogens is 292 g/mol. The van der Waals surface area contributed by atoms with Crippen molar-refractivity contribution in [2.24, 2.45) is 21.8 Å². The highest BCUT2D eigenvalue weighted by Gasteiger charge is 2.48. The second-order valence-corrected chi connectivity index (χ2v) is 6.13. The van der Waals surface area contributed by atoms with Crippen molar-refractivity contribution in [3.8, 4) is 0 Å². The van der Waals surface area contributed by atoms with Crippen LogP contribution in [0.15, 0.2) is 34.3 Å². The van der Waals surface area contributed by atoms with Crippen LogP contribution < -0.4 is 0 Å². The number of aliphatic imine (C=N–C) groups is 2. The highest BCUT2D eigenvalue weighted by molar-refractivity contribution is 6.06. The first-order chi connectivity index (χ1) is 11.0. The fourth-order valence-electron chi connectivity index (χ4n) is 3.73. The predicted molar refractivity (Wildman–Crippen MR) is 88.2 cm³/mol. The number of aryl methyl sites for hydroxylation is 1. The number of ether oxygens (including phenoxy) is 1. The average molecular weight is 312 g/mol. The molecule has 4 atom stereocenters. The van der Waals surface area contributed by atoms with Gasteiger partial charge in [0, 0.05) is 17.8 Å². The van der Waals surface area contributed by atoms with Gasteiger partial charge in [0.1, 0.15) is 5.92 Å². The number of hydrogen-bond acceptors (Lipinski definition) is 5. The molecule has 0 amide bonds. The molecule has 2 heterocycles. The van der Waals surface area contributed by atoms with Crippen LogP contribution in [-0.4, -0.2) is 43.4 Å². The van der Waals surface area contributed by atoms with E-state index in [1.54, 1.807) is 6.21 Å². The van der Waals surface area contributed by atoms with Crippen LogP contribution in [0.2, 0.25) is 0 Å². The maximum atomic E-state index is 12.6. The standard InChI is InChI=1S/C18H20N2O3/c1-10-6-4-5-7-12(10)16-15(18(22)23-3)11(2)20-13-8-19-9-14(21)17(13)16/h4-8,13,15-17H,9H2,1-3H3. The van der Waals surface area contributed by atoms with Crippen LogP contribution in [0.1, 0.15) is 24.0 Å². The van der Waals surface area contributed by atoms with Gasteiger partial charge in [-0.15, -0.1) is 0 Å². The van der Waals surface area contributed by atoms with E-state index >= 15 is 0 Å². The third-order valence-corrected chi connectivity index (χ3v) is 4.80. The van der Waals surface area contributed by atoms with Crippen molar-refractivity contribution in [3.05, 3.63) is 35.4 Å². The SMILES string of the molecule is COC(=O)C1C(C)=NC2C=NCC(=O)C2C1c1ccccc1C. The molecule has 5 heteroatoms. The van der Waals surface area contributed by atoms with Gasteiger partial charge >= 0.3 is 5.97 Å². The van der Waals surface area contributed by atoms with Crippen LogP contribution in [0.4, 0.5) is 0 Å². The lowest BCUT2D eigenvalue weighted by Crippen LogP contribution is -2.48. The largest absolute Gasteiger partial charge is 0.468 e. The fourth-order valence-corrected chi connectivity index (χ4v) is 3.73. The van der Waals surface area contributed by atoms with E-state index < -0.39 is 5.92 Å². The third kappa shape index (κ3) is 2.60. The van der Waals surface area contributed by atoms with Crippen LogP contribution in [0.3, 0.4) is 0 Å². The number of rotatable bonds is 2. The molecule has 120 valence electrons. The van der Waals surface area contributed by atoms with E-state index in [9.17, 15) is 9.59 Å². The zero-order chi connectivity index (χ0) is 16.6. The molecule has 0 saturated heterocycles. The van der Waals surface area contributed by atoms with Gasteiger partial charge in [-0.3, -0.25) is 19.6 Å². The van der Waals surface area contributed by atoms with E-state index in [0.29, 0.717) is 5.71 Å². The van der Waals surface area contributed by atoms with Gasteiger partial charge in [0.2, 0.25) is 0 Å². The number of esters is 1. The van der Waals surface area contributed by atoms with Crippen molar-refractivity contribution in [1.29, 1.82) is 0 Å². The molecule has 0 saturated carbocycles. The van der Waals surface area contributed by atoms with Gasteiger partial charge in [-0.25, -0.2) is 0 Å². The predicted octanol–water partition coefficient (Wildman–Crippen LogP) is 1.98. The van der Waals surface area contributed by atoms with Crippen molar-refractivity contribution >= 4 is 23.7 Å². The van der Waals surface area contributed by atoms with Crippen molar-refractivity contribution in [2.45, 2.75) is 25.8 Å². The summed E-state index contributed by atoms with van der Waals surface area (Å²) in [5.74, 6) is -1.45. The second-order valence-electron chi connectivity index (χ2n) is 6.13. The number of hydrogen-bond donors (Lipinski definition) is 0. The maximum absolute atomic E-state index is 12.6. The van der Waals surface area contributed by atoms with E-state index in [1.165, 1.54) is 7.11 Å². The van der Waals surface area contributed by atoms with Gasteiger partial charge in [0.05, 0.1) is 25.6 Å². The summed E-state index contributed by atoms with van der Waals surface area (Å²) in [6, 6.07) is 7.60. The zero-order valence-corrected chi connectivity index (χ0v) is 13.5. The zero-order valence-electron chi connectivity index (χ0n) is 13.5. The average Bonchev–Trinajstić information content (AvgIpc) is 2.54. The van der Waals surface area contributed by atoms with Gasteiger partial charge in [0.25, 0.3) is 0 Å². The van der Waals surface area contributed by atoms with Crippen LogP contribution in [-0.2, 0) is 14.3 Å². The molecule has 23 heavy (non-hydrogen) atoms. The number of methoxy groups -OCH3 is 1. The molecule has 0 fully saturated rings.